The Morgan fingerprint density at radius 3 is 3.13 bits per heavy atom. The number of ether oxygens (including phenoxy) is 1. The van der Waals surface area contributed by atoms with Crippen molar-refractivity contribution in [1.29, 1.82) is 0 Å². The zero-order valence-electron chi connectivity index (χ0n) is 8.98. The number of pyridine rings is 1. The van der Waals surface area contributed by atoms with Gasteiger partial charge in [0.15, 0.2) is 0 Å². The minimum absolute atomic E-state index is 0.641. The SMILES string of the molecule is c1ccc(OCC[C@@H]2CCCCN2)nc1. The summed E-state index contributed by atoms with van der Waals surface area (Å²) in [6.45, 7) is 1.92. The van der Waals surface area contributed by atoms with E-state index in [9.17, 15) is 0 Å². The van der Waals surface area contributed by atoms with Crippen molar-refractivity contribution in [2.24, 2.45) is 0 Å². The van der Waals surface area contributed by atoms with E-state index in [0.29, 0.717) is 6.04 Å². The van der Waals surface area contributed by atoms with Crippen molar-refractivity contribution in [1.82, 2.24) is 10.3 Å². The van der Waals surface area contributed by atoms with Gasteiger partial charge < -0.3 is 10.1 Å². The number of piperidine rings is 1. The van der Waals surface area contributed by atoms with E-state index in [1.807, 2.05) is 18.2 Å². The van der Waals surface area contributed by atoms with Gasteiger partial charge in [0.25, 0.3) is 0 Å². The third-order valence-electron chi connectivity index (χ3n) is 2.77. The van der Waals surface area contributed by atoms with Crippen LogP contribution in [0, 0.1) is 0 Å². The van der Waals surface area contributed by atoms with E-state index < -0.39 is 0 Å². The Morgan fingerprint density at radius 1 is 1.40 bits per heavy atom. The normalized spacial score (nSPS) is 21.2. The second kappa shape index (κ2) is 5.71. The molecule has 1 aromatic rings. The van der Waals surface area contributed by atoms with E-state index in [2.05, 4.69) is 10.3 Å². The Balaban J connectivity index is 1.66. The maximum Gasteiger partial charge on any atom is 0.213 e. The van der Waals surface area contributed by atoms with Crippen LogP contribution in [0.25, 0.3) is 0 Å². The van der Waals surface area contributed by atoms with Gasteiger partial charge >= 0.3 is 0 Å². The second-order valence-corrected chi connectivity index (χ2v) is 3.95. The van der Waals surface area contributed by atoms with Crippen molar-refractivity contribution in [3.05, 3.63) is 24.4 Å². The van der Waals surface area contributed by atoms with Crippen LogP contribution in [0.15, 0.2) is 24.4 Å². The lowest BCUT2D eigenvalue weighted by Crippen LogP contribution is -2.35. The Hall–Kier alpha value is -1.09. The molecule has 0 aliphatic carbocycles. The highest BCUT2D eigenvalue weighted by Gasteiger charge is 2.11. The summed E-state index contributed by atoms with van der Waals surface area (Å²) in [5, 5.41) is 3.50. The number of hydrogen-bond donors (Lipinski definition) is 1. The molecule has 1 aliphatic rings. The van der Waals surface area contributed by atoms with E-state index in [1.165, 1.54) is 19.3 Å². The molecule has 3 nitrogen and oxygen atoms in total. The Morgan fingerprint density at radius 2 is 2.40 bits per heavy atom. The Labute approximate surface area is 90.9 Å². The molecule has 15 heavy (non-hydrogen) atoms. The van der Waals surface area contributed by atoms with Gasteiger partial charge in [-0.2, -0.15) is 0 Å². The fraction of sp³-hybridized carbons (Fsp3) is 0.583. The van der Waals surface area contributed by atoms with E-state index >= 15 is 0 Å². The summed E-state index contributed by atoms with van der Waals surface area (Å²) in [5.41, 5.74) is 0. The molecule has 1 aliphatic heterocycles. The van der Waals surface area contributed by atoms with Gasteiger partial charge in [0.1, 0.15) is 0 Å². The standard InChI is InChI=1S/C12H18N2O/c1-3-8-13-11(5-1)7-10-15-12-6-2-4-9-14-12/h2,4,6,9,11,13H,1,3,5,7-8,10H2/t11-/m0/s1. The fourth-order valence-corrected chi connectivity index (χ4v) is 1.91. The highest BCUT2D eigenvalue weighted by atomic mass is 16.5. The van der Waals surface area contributed by atoms with Gasteiger partial charge in [-0.3, -0.25) is 0 Å². The van der Waals surface area contributed by atoms with Crippen LogP contribution in [-0.2, 0) is 0 Å². The number of hydrogen-bond acceptors (Lipinski definition) is 3. The summed E-state index contributed by atoms with van der Waals surface area (Å²) in [5.74, 6) is 0.730. The van der Waals surface area contributed by atoms with Gasteiger partial charge in [0, 0.05) is 18.3 Å². The molecular weight excluding hydrogens is 188 g/mol. The first-order valence-electron chi connectivity index (χ1n) is 5.72. The molecular formula is C12H18N2O. The molecule has 1 N–H and O–H groups in total. The lowest BCUT2D eigenvalue weighted by atomic mass is 10.0. The largest absolute Gasteiger partial charge is 0.478 e. The second-order valence-electron chi connectivity index (χ2n) is 3.95. The van der Waals surface area contributed by atoms with Gasteiger partial charge in [-0.25, -0.2) is 4.98 Å². The number of rotatable bonds is 4. The van der Waals surface area contributed by atoms with Crippen LogP contribution in [-0.4, -0.2) is 24.2 Å². The topological polar surface area (TPSA) is 34.1 Å². The lowest BCUT2D eigenvalue weighted by Gasteiger charge is -2.23. The predicted molar refractivity (Wildman–Crippen MR) is 60.0 cm³/mol. The molecule has 0 aromatic carbocycles. The van der Waals surface area contributed by atoms with Crippen molar-refractivity contribution >= 4 is 0 Å². The molecule has 0 spiro atoms. The smallest absolute Gasteiger partial charge is 0.213 e. The first-order valence-corrected chi connectivity index (χ1v) is 5.72. The third kappa shape index (κ3) is 3.51. The lowest BCUT2D eigenvalue weighted by molar-refractivity contribution is 0.260. The first kappa shape index (κ1) is 10.4. The molecule has 1 fully saturated rings. The third-order valence-corrected chi connectivity index (χ3v) is 2.77. The predicted octanol–water partition coefficient (Wildman–Crippen LogP) is 1.99. The minimum atomic E-state index is 0.641. The van der Waals surface area contributed by atoms with Crippen molar-refractivity contribution in [2.75, 3.05) is 13.2 Å². The highest BCUT2D eigenvalue weighted by molar-refractivity contribution is 5.08. The summed E-state index contributed by atoms with van der Waals surface area (Å²) >= 11 is 0. The maximum absolute atomic E-state index is 5.56. The van der Waals surface area contributed by atoms with Crippen molar-refractivity contribution in [3.63, 3.8) is 0 Å². The summed E-state index contributed by atoms with van der Waals surface area (Å²) in [7, 11) is 0. The van der Waals surface area contributed by atoms with Gasteiger partial charge in [-0.15, -0.1) is 0 Å². The van der Waals surface area contributed by atoms with E-state index in [0.717, 1.165) is 25.5 Å². The highest BCUT2D eigenvalue weighted by Crippen LogP contribution is 2.11. The number of nitrogens with one attached hydrogen (secondary N) is 1. The summed E-state index contributed by atoms with van der Waals surface area (Å²) in [6, 6.07) is 6.38. The van der Waals surface area contributed by atoms with Gasteiger partial charge in [0.05, 0.1) is 6.61 Å². The van der Waals surface area contributed by atoms with Gasteiger partial charge in [-0.05, 0) is 31.9 Å². The molecule has 0 bridgehead atoms. The van der Waals surface area contributed by atoms with E-state index in [1.54, 1.807) is 6.20 Å². The monoisotopic (exact) mass is 206 g/mol. The molecule has 3 heteroatoms. The number of nitrogens with zero attached hydrogens (tertiary/aromatic N) is 1. The molecule has 0 unspecified atom stereocenters. The molecule has 2 heterocycles. The zero-order valence-corrected chi connectivity index (χ0v) is 8.98. The molecule has 1 saturated heterocycles. The van der Waals surface area contributed by atoms with Crippen LogP contribution in [0.4, 0.5) is 0 Å². The van der Waals surface area contributed by atoms with E-state index in [4.69, 9.17) is 4.74 Å². The molecule has 2 rings (SSSR count). The summed E-state index contributed by atoms with van der Waals surface area (Å²) in [4.78, 5) is 4.12. The molecule has 0 amide bonds. The van der Waals surface area contributed by atoms with Gasteiger partial charge in [0.2, 0.25) is 5.88 Å². The van der Waals surface area contributed by atoms with Crippen LogP contribution < -0.4 is 10.1 Å². The van der Waals surface area contributed by atoms with Crippen molar-refractivity contribution in [3.8, 4) is 5.88 Å². The summed E-state index contributed by atoms with van der Waals surface area (Å²) < 4.78 is 5.56. The van der Waals surface area contributed by atoms with Crippen LogP contribution in [0.5, 0.6) is 5.88 Å². The average molecular weight is 206 g/mol. The van der Waals surface area contributed by atoms with Crippen LogP contribution in [0.2, 0.25) is 0 Å². The Kier molecular flexibility index (Phi) is 3.97. The molecule has 0 radical (unpaired) electrons. The van der Waals surface area contributed by atoms with Crippen molar-refractivity contribution < 1.29 is 4.74 Å². The quantitative estimate of drug-likeness (QED) is 0.818. The average Bonchev–Trinajstić information content (AvgIpc) is 2.32. The number of aromatic nitrogens is 1. The van der Waals surface area contributed by atoms with E-state index in [-0.39, 0.29) is 0 Å². The maximum atomic E-state index is 5.56. The summed E-state index contributed by atoms with van der Waals surface area (Å²) in [6.07, 6.45) is 6.79. The van der Waals surface area contributed by atoms with Crippen LogP contribution >= 0.6 is 0 Å². The van der Waals surface area contributed by atoms with Crippen molar-refractivity contribution in [2.45, 2.75) is 31.7 Å². The molecule has 1 atom stereocenters. The van der Waals surface area contributed by atoms with Gasteiger partial charge in [-0.1, -0.05) is 12.5 Å². The van der Waals surface area contributed by atoms with Crippen LogP contribution in [0.1, 0.15) is 25.7 Å². The zero-order chi connectivity index (χ0) is 10.3. The first-order chi connectivity index (χ1) is 7.45. The molecule has 82 valence electrons. The van der Waals surface area contributed by atoms with Crippen LogP contribution in [0.3, 0.4) is 0 Å². The fourth-order valence-electron chi connectivity index (χ4n) is 1.91. The molecule has 1 aromatic heterocycles. The Bertz CT molecular complexity index is 270. The minimum Gasteiger partial charge on any atom is -0.478 e. The molecule has 0 saturated carbocycles.